The van der Waals surface area contributed by atoms with Gasteiger partial charge in [-0.2, -0.15) is 0 Å². The van der Waals surface area contributed by atoms with Crippen LogP contribution in [-0.2, 0) is 11.2 Å². The molecule has 0 aliphatic heterocycles. The normalized spacial score (nSPS) is 10.4. The van der Waals surface area contributed by atoms with E-state index >= 15 is 0 Å². The maximum absolute atomic E-state index is 12.8. The Hall–Kier alpha value is -3.11. The summed E-state index contributed by atoms with van der Waals surface area (Å²) in [4.78, 5) is 25.3. The molecule has 0 saturated heterocycles. The predicted molar refractivity (Wildman–Crippen MR) is 116 cm³/mol. The van der Waals surface area contributed by atoms with Crippen molar-refractivity contribution in [2.75, 3.05) is 11.9 Å². The van der Waals surface area contributed by atoms with E-state index in [0.29, 0.717) is 41.3 Å². The first kappa shape index (κ1) is 20.6. The second-order valence-corrected chi connectivity index (χ2v) is 6.95. The number of amides is 1. The molecule has 0 unspecified atom stereocenters. The van der Waals surface area contributed by atoms with Crippen molar-refractivity contribution < 1.29 is 14.3 Å². The lowest BCUT2D eigenvalue weighted by Crippen LogP contribution is -2.15. The largest absolute Gasteiger partial charge is 0.494 e. The summed E-state index contributed by atoms with van der Waals surface area (Å²) in [7, 11) is 0. The third kappa shape index (κ3) is 5.69. The topological polar surface area (TPSA) is 55.4 Å². The van der Waals surface area contributed by atoms with Gasteiger partial charge in [-0.25, -0.2) is 0 Å². The molecule has 0 heterocycles. The summed E-state index contributed by atoms with van der Waals surface area (Å²) in [6, 6.07) is 21.5. The Morgan fingerprint density at radius 2 is 1.69 bits per heavy atom. The maximum Gasteiger partial charge on any atom is 0.224 e. The van der Waals surface area contributed by atoms with Crippen LogP contribution < -0.4 is 10.1 Å². The fourth-order valence-corrected chi connectivity index (χ4v) is 3.12. The lowest BCUT2D eigenvalue weighted by molar-refractivity contribution is -0.116. The van der Waals surface area contributed by atoms with Crippen LogP contribution in [0.4, 0.5) is 5.69 Å². The Morgan fingerprint density at radius 1 is 0.966 bits per heavy atom. The minimum absolute atomic E-state index is 0.164. The molecule has 0 aliphatic rings. The van der Waals surface area contributed by atoms with Crippen LogP contribution in [0.25, 0.3) is 0 Å². The predicted octanol–water partition coefficient (Wildman–Crippen LogP) is 5.54. The second kappa shape index (κ2) is 9.89. The summed E-state index contributed by atoms with van der Waals surface area (Å²) >= 11 is 6.09. The van der Waals surface area contributed by atoms with E-state index < -0.39 is 0 Å². The molecule has 0 bridgehead atoms. The Morgan fingerprint density at radius 3 is 2.38 bits per heavy atom. The molecule has 0 atom stereocenters. The number of halogens is 1. The Labute approximate surface area is 175 Å². The molecular formula is C24H22ClNO3. The maximum atomic E-state index is 12.8. The number of carbonyl (C=O) groups excluding carboxylic acids is 2. The molecule has 0 aromatic heterocycles. The van der Waals surface area contributed by atoms with E-state index in [9.17, 15) is 9.59 Å². The molecular weight excluding hydrogens is 386 g/mol. The fourth-order valence-electron chi connectivity index (χ4n) is 2.95. The van der Waals surface area contributed by atoms with Crippen LogP contribution in [0.3, 0.4) is 0 Å². The molecule has 5 heteroatoms. The number of hydrogen-bond acceptors (Lipinski definition) is 3. The van der Waals surface area contributed by atoms with Crippen molar-refractivity contribution in [3.8, 4) is 5.75 Å². The second-order valence-electron chi connectivity index (χ2n) is 6.51. The standard InChI is InChI=1S/C24H22ClNO3/c1-2-29-20-12-8-17(9-13-20)10-15-23(27)26-22-14-11-19(25)16-21(22)24(28)18-6-4-3-5-7-18/h3-9,11-14,16H,2,10,15H2,1H3,(H,26,27). The lowest BCUT2D eigenvalue weighted by Gasteiger charge is -2.11. The van der Waals surface area contributed by atoms with Crippen LogP contribution in [0.15, 0.2) is 72.8 Å². The molecule has 1 N–H and O–H groups in total. The summed E-state index contributed by atoms with van der Waals surface area (Å²) in [5.74, 6) is 0.462. The van der Waals surface area contributed by atoms with Gasteiger partial charge in [0.15, 0.2) is 5.78 Å². The van der Waals surface area contributed by atoms with Gasteiger partial charge in [0.1, 0.15) is 5.75 Å². The van der Waals surface area contributed by atoms with Crippen LogP contribution in [0.2, 0.25) is 5.02 Å². The SMILES string of the molecule is CCOc1ccc(CCC(=O)Nc2ccc(Cl)cc2C(=O)c2ccccc2)cc1. The molecule has 3 aromatic rings. The minimum Gasteiger partial charge on any atom is -0.494 e. The molecule has 148 valence electrons. The quantitative estimate of drug-likeness (QED) is 0.498. The van der Waals surface area contributed by atoms with E-state index in [1.807, 2.05) is 37.3 Å². The molecule has 3 rings (SSSR count). The summed E-state index contributed by atoms with van der Waals surface area (Å²) in [5, 5.41) is 3.29. The average Bonchev–Trinajstić information content (AvgIpc) is 2.75. The number of anilines is 1. The third-order valence-electron chi connectivity index (χ3n) is 4.41. The van der Waals surface area contributed by atoms with E-state index in [4.69, 9.17) is 16.3 Å². The van der Waals surface area contributed by atoms with Crippen molar-refractivity contribution in [1.29, 1.82) is 0 Å². The highest BCUT2D eigenvalue weighted by atomic mass is 35.5. The average molecular weight is 408 g/mol. The van der Waals surface area contributed by atoms with Gasteiger partial charge >= 0.3 is 0 Å². The first-order valence-electron chi connectivity index (χ1n) is 9.47. The molecule has 0 aliphatic carbocycles. The molecule has 0 fully saturated rings. The highest BCUT2D eigenvalue weighted by Crippen LogP contribution is 2.24. The van der Waals surface area contributed by atoms with Crippen LogP contribution in [0, 0.1) is 0 Å². The van der Waals surface area contributed by atoms with E-state index in [0.717, 1.165) is 11.3 Å². The van der Waals surface area contributed by atoms with E-state index in [2.05, 4.69) is 5.32 Å². The monoisotopic (exact) mass is 407 g/mol. The van der Waals surface area contributed by atoms with Gasteiger partial charge in [0.25, 0.3) is 0 Å². The summed E-state index contributed by atoms with van der Waals surface area (Å²) in [5.41, 5.74) is 2.41. The number of rotatable bonds is 8. The Kier molecular flexibility index (Phi) is 7.04. The fraction of sp³-hybridized carbons (Fsp3) is 0.167. The minimum atomic E-state index is -0.185. The number of ether oxygens (including phenoxy) is 1. The summed E-state index contributed by atoms with van der Waals surface area (Å²) in [6.45, 7) is 2.55. The van der Waals surface area contributed by atoms with Crippen molar-refractivity contribution in [3.05, 3.63) is 94.5 Å². The zero-order valence-electron chi connectivity index (χ0n) is 16.2. The molecule has 4 nitrogen and oxygen atoms in total. The van der Waals surface area contributed by atoms with Crippen molar-refractivity contribution >= 4 is 29.0 Å². The molecule has 0 saturated carbocycles. The molecule has 0 spiro atoms. The van der Waals surface area contributed by atoms with Crippen molar-refractivity contribution in [3.63, 3.8) is 0 Å². The zero-order valence-corrected chi connectivity index (χ0v) is 16.9. The van der Waals surface area contributed by atoms with Crippen LogP contribution in [0.5, 0.6) is 5.75 Å². The van der Waals surface area contributed by atoms with Gasteiger partial charge in [-0.05, 0) is 49.2 Å². The van der Waals surface area contributed by atoms with Crippen molar-refractivity contribution in [2.45, 2.75) is 19.8 Å². The van der Waals surface area contributed by atoms with Crippen LogP contribution in [0.1, 0.15) is 34.8 Å². The molecule has 0 radical (unpaired) electrons. The summed E-state index contributed by atoms with van der Waals surface area (Å²) < 4.78 is 5.43. The zero-order chi connectivity index (χ0) is 20.6. The third-order valence-corrected chi connectivity index (χ3v) is 4.65. The van der Waals surface area contributed by atoms with Gasteiger partial charge in [-0.3, -0.25) is 9.59 Å². The smallest absolute Gasteiger partial charge is 0.224 e. The van der Waals surface area contributed by atoms with Gasteiger partial charge in [-0.15, -0.1) is 0 Å². The van der Waals surface area contributed by atoms with Gasteiger partial charge in [0.2, 0.25) is 5.91 Å². The lowest BCUT2D eigenvalue weighted by atomic mass is 10.0. The van der Waals surface area contributed by atoms with E-state index in [1.165, 1.54) is 0 Å². The Bertz CT molecular complexity index is 985. The van der Waals surface area contributed by atoms with Crippen LogP contribution in [-0.4, -0.2) is 18.3 Å². The number of carbonyl (C=O) groups is 2. The van der Waals surface area contributed by atoms with Gasteiger partial charge in [0, 0.05) is 22.6 Å². The van der Waals surface area contributed by atoms with Gasteiger partial charge < -0.3 is 10.1 Å². The van der Waals surface area contributed by atoms with E-state index in [1.54, 1.807) is 42.5 Å². The first-order valence-corrected chi connectivity index (χ1v) is 9.85. The first-order chi connectivity index (χ1) is 14.1. The van der Waals surface area contributed by atoms with Gasteiger partial charge in [-0.1, -0.05) is 54.1 Å². The van der Waals surface area contributed by atoms with Gasteiger partial charge in [0.05, 0.1) is 12.3 Å². The highest BCUT2D eigenvalue weighted by molar-refractivity contribution is 6.31. The number of hydrogen-bond donors (Lipinski definition) is 1. The number of ketones is 1. The van der Waals surface area contributed by atoms with Crippen molar-refractivity contribution in [1.82, 2.24) is 0 Å². The highest BCUT2D eigenvalue weighted by Gasteiger charge is 2.16. The number of nitrogens with one attached hydrogen (secondary N) is 1. The van der Waals surface area contributed by atoms with Crippen molar-refractivity contribution in [2.24, 2.45) is 0 Å². The van der Waals surface area contributed by atoms with Crippen LogP contribution >= 0.6 is 11.6 Å². The summed E-state index contributed by atoms with van der Waals surface area (Å²) in [6.07, 6.45) is 0.892. The molecule has 1 amide bonds. The molecule has 29 heavy (non-hydrogen) atoms. The molecule has 3 aromatic carbocycles. The Balaban J connectivity index is 1.68. The van der Waals surface area contributed by atoms with E-state index in [-0.39, 0.29) is 11.7 Å². The number of benzene rings is 3. The number of aryl methyl sites for hydroxylation is 1.